The Morgan fingerprint density at radius 1 is 1.24 bits per heavy atom. The van der Waals surface area contributed by atoms with Crippen LogP contribution in [0.15, 0.2) is 41.0 Å². The molecule has 2 aromatic heterocycles. The van der Waals surface area contributed by atoms with Crippen molar-refractivity contribution in [1.82, 2.24) is 20.0 Å². The predicted octanol–water partition coefficient (Wildman–Crippen LogP) is 3.79. The number of aromatic nitrogens is 4. The van der Waals surface area contributed by atoms with Crippen molar-refractivity contribution in [2.75, 3.05) is 13.7 Å². The molecular formula is C28H36F3N5O5S. The molecule has 4 heterocycles. The fourth-order valence-electron chi connectivity index (χ4n) is 5.91. The molecule has 3 N–H and O–H groups in total. The zero-order valence-corrected chi connectivity index (χ0v) is 24.4. The molecule has 5 rings (SSSR count). The van der Waals surface area contributed by atoms with Crippen LogP contribution in [0, 0.1) is 6.92 Å². The van der Waals surface area contributed by atoms with Gasteiger partial charge in [-0.1, -0.05) is 11.3 Å². The standard InChI is InChI=1S/C28H36F3N5O5S/c1-15-5-4-10-32-20(15)24(27(39)6-8-28(30,31)9-7-27)42-26-23(40-3)21(22(38)19(14-37)41-26)36-13-18(34-35-36)17-11-16(2)25(29)33-12-17/h4-5,10,12-13,17,19,21-24,26,37-39H,6-9,11,14H2,1-3H3/t17?,19-,21+,22+,23-,24?,26+/m1/s1. The van der Waals surface area contributed by atoms with Crippen molar-refractivity contribution in [3.05, 3.63) is 53.0 Å². The number of aliphatic imine (C=N–C) groups is 1. The zero-order valence-electron chi connectivity index (χ0n) is 23.6. The number of allylic oxidation sites excluding steroid dienone is 1. The lowest BCUT2D eigenvalue weighted by Crippen LogP contribution is -2.56. The maximum Gasteiger partial charge on any atom is 0.248 e. The SMILES string of the molecule is CO[C@@H]1[C@@H](n2cc(C3C=NC(F)=C(C)C3)nn2)[C@@H](O)[C@@H](CO)O[C@H]1SC(c1ncccc1C)C1(O)CCC(F)(F)CC1. The van der Waals surface area contributed by atoms with Gasteiger partial charge in [-0.25, -0.2) is 18.5 Å². The number of ether oxygens (including phenoxy) is 2. The zero-order chi connectivity index (χ0) is 30.2. The minimum Gasteiger partial charge on any atom is -0.394 e. The van der Waals surface area contributed by atoms with Gasteiger partial charge in [0, 0.05) is 44.5 Å². The van der Waals surface area contributed by atoms with Crippen LogP contribution in [-0.4, -0.2) is 90.5 Å². The van der Waals surface area contributed by atoms with Crippen LogP contribution in [0.2, 0.25) is 0 Å². The Bertz CT molecular complexity index is 1320. The number of thioether (sulfide) groups is 1. The van der Waals surface area contributed by atoms with E-state index in [1.165, 1.54) is 29.8 Å². The highest BCUT2D eigenvalue weighted by molar-refractivity contribution is 8.00. The fourth-order valence-corrected chi connectivity index (χ4v) is 7.67. The monoisotopic (exact) mass is 611 g/mol. The lowest BCUT2D eigenvalue weighted by atomic mass is 9.79. The number of nitrogens with zero attached hydrogens (tertiary/aromatic N) is 5. The third-order valence-corrected chi connectivity index (χ3v) is 10.0. The quantitative estimate of drug-likeness (QED) is 0.381. The molecule has 0 amide bonds. The molecule has 14 heteroatoms. The van der Waals surface area contributed by atoms with E-state index in [4.69, 9.17) is 9.47 Å². The number of pyridine rings is 1. The van der Waals surface area contributed by atoms with Gasteiger partial charge in [-0.3, -0.25) is 4.98 Å². The average molecular weight is 612 g/mol. The number of hydrogen-bond donors (Lipinski definition) is 3. The van der Waals surface area contributed by atoms with E-state index in [-0.39, 0.29) is 18.8 Å². The van der Waals surface area contributed by atoms with E-state index >= 15 is 0 Å². The number of methoxy groups -OCH3 is 1. The molecule has 1 saturated heterocycles. The summed E-state index contributed by atoms with van der Waals surface area (Å²) in [6, 6.07) is 2.72. The summed E-state index contributed by atoms with van der Waals surface area (Å²) in [4.78, 5) is 8.32. The van der Waals surface area contributed by atoms with Crippen LogP contribution in [0.5, 0.6) is 0 Å². The van der Waals surface area contributed by atoms with Crippen molar-refractivity contribution < 1.29 is 38.0 Å². The average Bonchev–Trinajstić information content (AvgIpc) is 3.45. The normalized spacial score (nSPS) is 31.7. The summed E-state index contributed by atoms with van der Waals surface area (Å²) >= 11 is 1.17. The smallest absolute Gasteiger partial charge is 0.248 e. The minimum absolute atomic E-state index is 0.142. The molecule has 42 heavy (non-hydrogen) atoms. The van der Waals surface area contributed by atoms with Crippen LogP contribution in [0.4, 0.5) is 13.2 Å². The molecule has 0 spiro atoms. The third kappa shape index (κ3) is 6.15. The number of hydrogen-bond acceptors (Lipinski definition) is 10. The van der Waals surface area contributed by atoms with Gasteiger partial charge in [0.1, 0.15) is 29.8 Å². The second-order valence-corrected chi connectivity index (χ2v) is 12.6. The Kier molecular flexibility index (Phi) is 9.12. The van der Waals surface area contributed by atoms with Gasteiger partial charge in [0.05, 0.1) is 28.8 Å². The number of rotatable bonds is 8. The summed E-state index contributed by atoms with van der Waals surface area (Å²) in [5, 5.41) is 40.9. The second-order valence-electron chi connectivity index (χ2n) is 11.4. The van der Waals surface area contributed by atoms with Gasteiger partial charge in [0.15, 0.2) is 0 Å². The van der Waals surface area contributed by atoms with E-state index in [2.05, 4.69) is 20.3 Å². The molecule has 1 saturated carbocycles. The molecule has 0 bridgehead atoms. The number of aliphatic hydroxyl groups is 3. The van der Waals surface area contributed by atoms with Crippen LogP contribution in [-0.2, 0) is 9.47 Å². The summed E-state index contributed by atoms with van der Waals surface area (Å²) in [7, 11) is 1.44. The fraction of sp³-hybridized carbons (Fsp3) is 0.643. The van der Waals surface area contributed by atoms with Crippen molar-refractivity contribution in [2.24, 2.45) is 4.99 Å². The predicted molar refractivity (Wildman–Crippen MR) is 149 cm³/mol. The van der Waals surface area contributed by atoms with Crippen LogP contribution in [0.3, 0.4) is 0 Å². The molecule has 0 aromatic carbocycles. The lowest BCUT2D eigenvalue weighted by molar-refractivity contribution is -0.186. The Morgan fingerprint density at radius 2 is 1.98 bits per heavy atom. The maximum atomic E-state index is 14.1. The van der Waals surface area contributed by atoms with Crippen LogP contribution in [0.1, 0.15) is 73.2 Å². The summed E-state index contributed by atoms with van der Waals surface area (Å²) < 4.78 is 55.5. The lowest BCUT2D eigenvalue weighted by Gasteiger charge is -2.47. The molecule has 3 aliphatic rings. The van der Waals surface area contributed by atoms with E-state index in [1.54, 1.807) is 25.4 Å². The number of alkyl halides is 2. The summed E-state index contributed by atoms with van der Waals surface area (Å²) in [5.41, 5.74) is -0.0767. The first-order chi connectivity index (χ1) is 20.0. The first kappa shape index (κ1) is 31.1. The molecule has 2 aromatic rings. The first-order valence-corrected chi connectivity index (χ1v) is 14.9. The Morgan fingerprint density at radius 3 is 2.62 bits per heavy atom. The third-order valence-electron chi connectivity index (χ3n) is 8.46. The van der Waals surface area contributed by atoms with Gasteiger partial charge in [-0.15, -0.1) is 16.9 Å². The van der Waals surface area contributed by atoms with Gasteiger partial charge >= 0.3 is 0 Å². The first-order valence-electron chi connectivity index (χ1n) is 13.9. The maximum absolute atomic E-state index is 14.1. The van der Waals surface area contributed by atoms with E-state index in [1.807, 2.05) is 13.0 Å². The van der Waals surface area contributed by atoms with Crippen molar-refractivity contribution in [3.63, 3.8) is 0 Å². The molecule has 0 radical (unpaired) electrons. The van der Waals surface area contributed by atoms with Crippen molar-refractivity contribution in [2.45, 2.75) is 98.4 Å². The molecule has 7 atom stereocenters. The van der Waals surface area contributed by atoms with Crippen LogP contribution in [0.25, 0.3) is 0 Å². The molecule has 2 unspecified atom stereocenters. The molecule has 10 nitrogen and oxygen atoms in total. The summed E-state index contributed by atoms with van der Waals surface area (Å²) in [5.74, 6) is -3.70. The largest absolute Gasteiger partial charge is 0.394 e. The summed E-state index contributed by atoms with van der Waals surface area (Å²) in [6.07, 6.45) is 0.696. The number of aryl methyl sites for hydroxylation is 1. The highest BCUT2D eigenvalue weighted by Crippen LogP contribution is 2.53. The second kappa shape index (κ2) is 12.3. The Hall–Kier alpha value is -2.36. The Balaban J connectivity index is 1.47. The van der Waals surface area contributed by atoms with Gasteiger partial charge in [-0.05, 0) is 50.3 Å². The van der Waals surface area contributed by atoms with E-state index < -0.39 is 72.0 Å². The highest BCUT2D eigenvalue weighted by Gasteiger charge is 2.53. The van der Waals surface area contributed by atoms with Crippen molar-refractivity contribution >= 4 is 18.0 Å². The number of aliphatic hydroxyl groups excluding tert-OH is 2. The highest BCUT2D eigenvalue weighted by atomic mass is 32.2. The van der Waals surface area contributed by atoms with Crippen LogP contribution >= 0.6 is 11.8 Å². The van der Waals surface area contributed by atoms with E-state index in [9.17, 15) is 28.5 Å². The molecule has 230 valence electrons. The Labute approximate surface area is 246 Å². The molecule has 1 aliphatic carbocycles. The molecule has 2 aliphatic heterocycles. The van der Waals surface area contributed by atoms with Gasteiger partial charge in [0.2, 0.25) is 11.9 Å². The number of halogens is 3. The van der Waals surface area contributed by atoms with Gasteiger partial charge in [-0.2, -0.15) is 4.39 Å². The van der Waals surface area contributed by atoms with Crippen molar-refractivity contribution in [3.8, 4) is 0 Å². The van der Waals surface area contributed by atoms with Crippen molar-refractivity contribution in [1.29, 1.82) is 0 Å². The van der Waals surface area contributed by atoms with E-state index in [0.717, 1.165) is 5.56 Å². The van der Waals surface area contributed by atoms with E-state index in [0.29, 0.717) is 23.4 Å². The summed E-state index contributed by atoms with van der Waals surface area (Å²) in [6.45, 7) is 2.97. The minimum atomic E-state index is -2.86. The topological polar surface area (TPSA) is 135 Å². The van der Waals surface area contributed by atoms with Crippen LogP contribution < -0.4 is 0 Å². The molecular weight excluding hydrogens is 575 g/mol. The molecule has 2 fully saturated rings. The van der Waals surface area contributed by atoms with Gasteiger partial charge < -0.3 is 24.8 Å². The van der Waals surface area contributed by atoms with Gasteiger partial charge in [0.25, 0.3) is 0 Å².